The lowest BCUT2D eigenvalue weighted by atomic mass is 10.0. The maximum Gasteiger partial charge on any atom is 0.140 e. The molecule has 0 radical (unpaired) electrons. The van der Waals surface area contributed by atoms with Gasteiger partial charge in [0.1, 0.15) is 30.3 Å². The van der Waals surface area contributed by atoms with Gasteiger partial charge in [-0.2, -0.15) is 0 Å². The Balaban J connectivity index is 1.40. The molecule has 1 aliphatic heterocycles. The molecule has 6 nitrogen and oxygen atoms in total. The van der Waals surface area contributed by atoms with E-state index in [0.29, 0.717) is 18.2 Å². The lowest BCUT2D eigenvalue weighted by molar-refractivity contribution is 0.331. The van der Waals surface area contributed by atoms with Crippen molar-refractivity contribution in [2.75, 3.05) is 18.1 Å². The highest BCUT2D eigenvalue weighted by atomic mass is 35.5. The molecule has 3 aromatic carbocycles. The molecule has 0 atom stereocenters. The van der Waals surface area contributed by atoms with Gasteiger partial charge in [-0.15, -0.1) is 0 Å². The number of nitrogens with one attached hydrogen (secondary N) is 1. The largest absolute Gasteiger partial charge is 0.491 e. The number of anilines is 1. The van der Waals surface area contributed by atoms with Gasteiger partial charge in [-0.1, -0.05) is 23.7 Å². The third kappa shape index (κ3) is 3.56. The van der Waals surface area contributed by atoms with Gasteiger partial charge in [0.05, 0.1) is 23.1 Å². The van der Waals surface area contributed by atoms with Gasteiger partial charge in [-0.3, -0.25) is 0 Å². The molecule has 0 amide bonds. The van der Waals surface area contributed by atoms with Crippen LogP contribution in [-0.4, -0.2) is 33.1 Å². The van der Waals surface area contributed by atoms with E-state index in [0.717, 1.165) is 68.1 Å². The smallest absolute Gasteiger partial charge is 0.140 e. The molecule has 1 N–H and O–H groups in total. The number of hydrogen-bond acceptors (Lipinski definition) is 5. The molecule has 0 spiro atoms. The number of benzene rings is 3. The third-order valence-corrected chi connectivity index (χ3v) is 6.58. The van der Waals surface area contributed by atoms with E-state index < -0.39 is 0 Å². The number of halogens is 1. The van der Waals surface area contributed by atoms with Crippen molar-refractivity contribution in [3.8, 4) is 16.9 Å². The van der Waals surface area contributed by atoms with Gasteiger partial charge < -0.3 is 14.6 Å². The SMILES string of the molecule is Cc1nc2ccc(-c3ccc4c(c3)CN(c3ncnc5cc(Cl)c(C)cc35)CCO4)cc2[nH]1. The topological polar surface area (TPSA) is 66.9 Å². The van der Waals surface area contributed by atoms with Crippen LogP contribution in [-0.2, 0) is 6.54 Å². The van der Waals surface area contributed by atoms with E-state index in [2.05, 4.69) is 67.3 Å². The number of aromatic nitrogens is 4. The third-order valence-electron chi connectivity index (χ3n) is 6.17. The van der Waals surface area contributed by atoms with Crippen molar-refractivity contribution < 1.29 is 4.74 Å². The highest BCUT2D eigenvalue weighted by molar-refractivity contribution is 6.32. The van der Waals surface area contributed by atoms with Crippen molar-refractivity contribution in [1.29, 1.82) is 0 Å². The first-order chi connectivity index (χ1) is 16.0. The average molecular weight is 456 g/mol. The number of imidazole rings is 1. The van der Waals surface area contributed by atoms with E-state index in [4.69, 9.17) is 16.3 Å². The lowest BCUT2D eigenvalue weighted by Gasteiger charge is -2.22. The number of hydrogen-bond donors (Lipinski definition) is 1. The van der Waals surface area contributed by atoms with Gasteiger partial charge in [-0.25, -0.2) is 15.0 Å². The first-order valence-corrected chi connectivity index (χ1v) is 11.3. The summed E-state index contributed by atoms with van der Waals surface area (Å²) in [5, 5.41) is 1.71. The van der Waals surface area contributed by atoms with Gasteiger partial charge in [-0.05, 0) is 66.9 Å². The Bertz CT molecular complexity index is 1530. The molecule has 7 heteroatoms. The Morgan fingerprint density at radius 2 is 1.82 bits per heavy atom. The zero-order valence-corrected chi connectivity index (χ0v) is 19.1. The number of fused-ring (bicyclic) bond motifs is 3. The van der Waals surface area contributed by atoms with Gasteiger partial charge in [0.25, 0.3) is 0 Å². The van der Waals surface area contributed by atoms with Crippen molar-refractivity contribution in [1.82, 2.24) is 19.9 Å². The predicted molar refractivity (Wildman–Crippen MR) is 132 cm³/mol. The van der Waals surface area contributed by atoms with Gasteiger partial charge in [0, 0.05) is 22.5 Å². The maximum absolute atomic E-state index is 6.33. The summed E-state index contributed by atoms with van der Waals surface area (Å²) in [6, 6.07) is 16.7. The first kappa shape index (κ1) is 20.0. The number of H-pyrrole nitrogens is 1. The van der Waals surface area contributed by atoms with Crippen molar-refractivity contribution in [3.05, 3.63) is 76.8 Å². The van der Waals surface area contributed by atoms with E-state index in [1.807, 2.05) is 19.9 Å². The van der Waals surface area contributed by atoms with E-state index in [1.165, 1.54) is 0 Å². The highest BCUT2D eigenvalue weighted by Crippen LogP contribution is 2.34. The van der Waals surface area contributed by atoms with Gasteiger partial charge >= 0.3 is 0 Å². The standard InChI is InChI=1S/C26H22ClN5O/c1-15-9-20-23(12-21(15)27)28-14-29-26(20)32-7-8-33-25-6-4-17(10-19(25)13-32)18-3-5-22-24(11-18)31-16(2)30-22/h3-6,9-12,14H,7-8,13H2,1-2H3,(H,30,31). The molecule has 6 rings (SSSR count). The van der Waals surface area contributed by atoms with Crippen LogP contribution in [0.1, 0.15) is 17.0 Å². The highest BCUT2D eigenvalue weighted by Gasteiger charge is 2.20. The summed E-state index contributed by atoms with van der Waals surface area (Å²) in [4.78, 5) is 19.2. The molecule has 0 unspecified atom stereocenters. The Morgan fingerprint density at radius 3 is 2.73 bits per heavy atom. The number of rotatable bonds is 2. The van der Waals surface area contributed by atoms with Crippen LogP contribution in [0.15, 0.2) is 54.9 Å². The maximum atomic E-state index is 6.33. The second-order valence-electron chi connectivity index (χ2n) is 8.46. The normalized spacial score (nSPS) is 13.7. The van der Waals surface area contributed by atoms with Crippen LogP contribution in [0.3, 0.4) is 0 Å². The fraction of sp³-hybridized carbons (Fsp3) is 0.192. The van der Waals surface area contributed by atoms with Crippen molar-refractivity contribution in [3.63, 3.8) is 0 Å². The molecule has 164 valence electrons. The van der Waals surface area contributed by atoms with Crippen LogP contribution in [0, 0.1) is 13.8 Å². The Morgan fingerprint density at radius 1 is 0.970 bits per heavy atom. The second kappa shape index (κ2) is 7.74. The Hall–Kier alpha value is -3.64. The fourth-order valence-corrected chi connectivity index (χ4v) is 4.65. The molecule has 0 bridgehead atoms. The van der Waals surface area contributed by atoms with Crippen LogP contribution >= 0.6 is 11.6 Å². The number of nitrogens with zero attached hydrogens (tertiary/aromatic N) is 4. The molecule has 5 aromatic rings. The van der Waals surface area contributed by atoms with E-state index in [9.17, 15) is 0 Å². The molecular weight excluding hydrogens is 434 g/mol. The molecule has 2 aromatic heterocycles. The summed E-state index contributed by atoms with van der Waals surface area (Å²) < 4.78 is 6.10. The molecule has 0 aliphatic carbocycles. The molecule has 3 heterocycles. The Kier molecular flexibility index (Phi) is 4.69. The zero-order valence-electron chi connectivity index (χ0n) is 18.4. The summed E-state index contributed by atoms with van der Waals surface area (Å²) in [7, 11) is 0. The van der Waals surface area contributed by atoms with E-state index in [1.54, 1.807) is 6.33 Å². The summed E-state index contributed by atoms with van der Waals surface area (Å²) in [5.74, 6) is 2.73. The van der Waals surface area contributed by atoms with Crippen molar-refractivity contribution >= 4 is 39.4 Å². The second-order valence-corrected chi connectivity index (χ2v) is 8.87. The molecule has 0 saturated heterocycles. The monoisotopic (exact) mass is 455 g/mol. The summed E-state index contributed by atoms with van der Waals surface area (Å²) in [5.41, 5.74) is 7.29. The summed E-state index contributed by atoms with van der Waals surface area (Å²) in [6.45, 7) is 5.99. The van der Waals surface area contributed by atoms with Crippen LogP contribution in [0.2, 0.25) is 5.02 Å². The minimum absolute atomic E-state index is 0.587. The molecule has 0 saturated carbocycles. The van der Waals surface area contributed by atoms with Crippen LogP contribution in [0.5, 0.6) is 5.75 Å². The van der Waals surface area contributed by atoms with Crippen LogP contribution in [0.25, 0.3) is 33.1 Å². The lowest BCUT2D eigenvalue weighted by Crippen LogP contribution is -2.26. The molecule has 0 fully saturated rings. The average Bonchev–Trinajstić information content (AvgIpc) is 3.05. The predicted octanol–water partition coefficient (Wildman–Crippen LogP) is 5.84. The van der Waals surface area contributed by atoms with Crippen LogP contribution in [0.4, 0.5) is 5.82 Å². The van der Waals surface area contributed by atoms with Gasteiger partial charge in [0.15, 0.2) is 0 Å². The van der Waals surface area contributed by atoms with E-state index >= 15 is 0 Å². The molecular formula is C26H22ClN5O. The number of aromatic amines is 1. The summed E-state index contributed by atoms with van der Waals surface area (Å²) >= 11 is 6.33. The van der Waals surface area contributed by atoms with Crippen molar-refractivity contribution in [2.24, 2.45) is 0 Å². The minimum Gasteiger partial charge on any atom is -0.491 e. The summed E-state index contributed by atoms with van der Waals surface area (Å²) in [6.07, 6.45) is 1.61. The first-order valence-electron chi connectivity index (χ1n) is 10.9. The fourth-order valence-electron chi connectivity index (χ4n) is 4.50. The zero-order chi connectivity index (χ0) is 22.5. The number of ether oxygens (including phenoxy) is 1. The number of aryl methyl sites for hydroxylation is 2. The van der Waals surface area contributed by atoms with Crippen LogP contribution < -0.4 is 9.64 Å². The van der Waals surface area contributed by atoms with Crippen molar-refractivity contribution in [2.45, 2.75) is 20.4 Å². The quantitative estimate of drug-likeness (QED) is 0.362. The minimum atomic E-state index is 0.587. The molecule has 33 heavy (non-hydrogen) atoms. The molecule has 1 aliphatic rings. The van der Waals surface area contributed by atoms with E-state index in [-0.39, 0.29) is 0 Å². The Labute approximate surface area is 196 Å². The van der Waals surface area contributed by atoms with Gasteiger partial charge in [0.2, 0.25) is 0 Å².